The monoisotopic (exact) mass is 484 g/mol. The number of likely N-dealkylation sites (tertiary alicyclic amines) is 1. The van der Waals surface area contributed by atoms with Crippen molar-refractivity contribution < 1.29 is 14.4 Å². The number of aryl methyl sites for hydroxylation is 1. The van der Waals surface area contributed by atoms with Crippen molar-refractivity contribution in [2.75, 3.05) is 23.7 Å². The molecule has 1 atom stereocenters. The second-order valence-corrected chi connectivity index (χ2v) is 9.74. The fraction of sp³-hybridized carbons (Fsp3) is 0.333. The molecule has 0 bridgehead atoms. The number of benzene rings is 2. The average Bonchev–Trinajstić information content (AvgIpc) is 3.16. The lowest BCUT2D eigenvalue weighted by molar-refractivity contribution is -0.121. The van der Waals surface area contributed by atoms with Crippen LogP contribution in [-0.4, -0.2) is 46.1 Å². The molecule has 0 spiro atoms. The lowest BCUT2D eigenvalue weighted by Gasteiger charge is -2.27. The molecule has 0 saturated carbocycles. The molecule has 4 rings (SSSR count). The molecule has 3 amide bonds. The molecule has 7 nitrogen and oxygen atoms in total. The number of hydrogen-bond donors (Lipinski definition) is 2. The number of nitrogens with zero attached hydrogens (tertiary/aromatic N) is 2. The summed E-state index contributed by atoms with van der Waals surface area (Å²) in [6.07, 6.45) is 3.43. The van der Waals surface area contributed by atoms with E-state index in [1.165, 1.54) is 18.2 Å². The summed E-state index contributed by atoms with van der Waals surface area (Å²) in [6, 6.07) is 11.9. The molecule has 0 aliphatic carbocycles. The van der Waals surface area contributed by atoms with Gasteiger partial charge in [0.2, 0.25) is 5.91 Å². The Labute approximate surface area is 202 Å². The first-order valence-corrected chi connectivity index (χ1v) is 12.2. The molecule has 1 fully saturated rings. The molecule has 0 radical (unpaired) electrons. The highest BCUT2D eigenvalue weighted by molar-refractivity contribution is 8.15. The Kier molecular flexibility index (Phi) is 7.35. The smallest absolute Gasteiger partial charge is 0.262 e. The Balaban J connectivity index is 1.34. The highest BCUT2D eigenvalue weighted by Gasteiger charge is 2.33. The van der Waals surface area contributed by atoms with Crippen LogP contribution in [0.25, 0.3) is 0 Å². The van der Waals surface area contributed by atoms with Crippen molar-refractivity contribution in [1.82, 2.24) is 4.90 Å². The first kappa shape index (κ1) is 23.3. The van der Waals surface area contributed by atoms with Crippen molar-refractivity contribution in [1.29, 1.82) is 0 Å². The number of hydrogen-bond acceptors (Lipinski definition) is 5. The van der Waals surface area contributed by atoms with E-state index in [2.05, 4.69) is 20.5 Å². The summed E-state index contributed by atoms with van der Waals surface area (Å²) < 4.78 is 0. The summed E-state index contributed by atoms with van der Waals surface area (Å²) in [6.45, 7) is 3.67. The predicted octanol–water partition coefficient (Wildman–Crippen LogP) is 4.71. The van der Waals surface area contributed by atoms with Crippen molar-refractivity contribution >= 4 is 57.6 Å². The molecular formula is C24H25ClN4O3S. The molecule has 2 aromatic rings. The van der Waals surface area contributed by atoms with E-state index >= 15 is 0 Å². The van der Waals surface area contributed by atoms with Crippen LogP contribution in [0.3, 0.4) is 0 Å². The third-order valence-corrected chi connectivity index (χ3v) is 7.02. The Hall–Kier alpha value is -2.84. The summed E-state index contributed by atoms with van der Waals surface area (Å²) in [4.78, 5) is 43.9. The minimum Gasteiger partial charge on any atom is -0.351 e. The minimum absolute atomic E-state index is 0.0325. The van der Waals surface area contributed by atoms with Crippen LogP contribution < -0.4 is 10.6 Å². The number of amidine groups is 1. The number of nitrogens with one attached hydrogen (secondary N) is 2. The molecule has 172 valence electrons. The van der Waals surface area contributed by atoms with Gasteiger partial charge in [-0.3, -0.25) is 14.4 Å². The van der Waals surface area contributed by atoms with Gasteiger partial charge in [-0.25, -0.2) is 0 Å². The van der Waals surface area contributed by atoms with Crippen LogP contribution >= 0.6 is 23.4 Å². The molecule has 2 heterocycles. The topological polar surface area (TPSA) is 90.9 Å². The number of aliphatic imine (C=N–C) groups is 1. The number of rotatable bonds is 5. The number of amides is 3. The highest BCUT2D eigenvalue weighted by Crippen LogP contribution is 2.29. The second-order valence-electron chi connectivity index (χ2n) is 8.13. The normalized spacial score (nSPS) is 18.1. The van der Waals surface area contributed by atoms with Crippen LogP contribution in [0.15, 0.2) is 47.5 Å². The van der Waals surface area contributed by atoms with E-state index < -0.39 is 5.25 Å². The summed E-state index contributed by atoms with van der Waals surface area (Å²) in [5.74, 6) is -0.846. The van der Waals surface area contributed by atoms with E-state index in [1.807, 2.05) is 6.92 Å². The van der Waals surface area contributed by atoms with E-state index in [9.17, 15) is 14.4 Å². The molecule has 2 N–H and O–H groups in total. The number of carbonyl (C=O) groups excluding carboxylic acids is 3. The van der Waals surface area contributed by atoms with Crippen molar-refractivity contribution in [2.24, 2.45) is 4.99 Å². The quantitative estimate of drug-likeness (QED) is 0.641. The maximum absolute atomic E-state index is 12.7. The first-order chi connectivity index (χ1) is 15.9. The Bertz CT molecular complexity index is 1110. The van der Waals surface area contributed by atoms with Gasteiger partial charge in [0.15, 0.2) is 5.17 Å². The lowest BCUT2D eigenvalue weighted by Crippen LogP contribution is -2.33. The van der Waals surface area contributed by atoms with Crippen LogP contribution in [0.1, 0.15) is 41.6 Å². The SMILES string of the molecule is Cc1cc(Cl)ccc1NC(=O)c1cccc(NC(=O)CC2SC(N3CCCCC3)=NC2=O)c1. The van der Waals surface area contributed by atoms with E-state index in [1.54, 1.807) is 42.5 Å². The van der Waals surface area contributed by atoms with E-state index in [-0.39, 0.29) is 24.1 Å². The van der Waals surface area contributed by atoms with Crippen molar-refractivity contribution in [3.05, 3.63) is 58.6 Å². The van der Waals surface area contributed by atoms with Gasteiger partial charge in [-0.2, -0.15) is 4.99 Å². The summed E-state index contributed by atoms with van der Waals surface area (Å²) in [7, 11) is 0. The van der Waals surface area contributed by atoms with Crippen molar-refractivity contribution in [3.8, 4) is 0 Å². The predicted molar refractivity (Wildman–Crippen MR) is 133 cm³/mol. The lowest BCUT2D eigenvalue weighted by atomic mass is 10.1. The van der Waals surface area contributed by atoms with Gasteiger partial charge >= 0.3 is 0 Å². The van der Waals surface area contributed by atoms with Crippen molar-refractivity contribution in [3.63, 3.8) is 0 Å². The number of thioether (sulfide) groups is 1. The molecule has 2 aliphatic rings. The molecule has 2 aromatic carbocycles. The number of anilines is 2. The molecule has 0 aromatic heterocycles. The summed E-state index contributed by atoms with van der Waals surface area (Å²) in [5.41, 5.74) is 2.42. The van der Waals surface area contributed by atoms with Crippen molar-refractivity contribution in [2.45, 2.75) is 37.9 Å². The van der Waals surface area contributed by atoms with Gasteiger partial charge in [0.1, 0.15) is 5.25 Å². The van der Waals surface area contributed by atoms with Gasteiger partial charge < -0.3 is 15.5 Å². The molecule has 1 unspecified atom stereocenters. The molecule has 9 heteroatoms. The second kappa shape index (κ2) is 10.4. The third-order valence-electron chi connectivity index (χ3n) is 5.57. The number of carbonyl (C=O) groups is 3. The van der Waals surface area contributed by atoms with Gasteiger partial charge in [-0.15, -0.1) is 0 Å². The van der Waals surface area contributed by atoms with Crippen LogP contribution in [0.4, 0.5) is 11.4 Å². The van der Waals surface area contributed by atoms with Gasteiger partial charge in [0.25, 0.3) is 11.8 Å². The zero-order valence-electron chi connectivity index (χ0n) is 18.3. The van der Waals surface area contributed by atoms with Gasteiger partial charge in [0.05, 0.1) is 0 Å². The molecule has 2 aliphatic heterocycles. The molecular weight excluding hydrogens is 460 g/mol. The summed E-state index contributed by atoms with van der Waals surface area (Å²) in [5, 5.41) is 6.47. The van der Waals surface area contributed by atoms with Crippen LogP contribution in [0.2, 0.25) is 5.02 Å². The largest absolute Gasteiger partial charge is 0.351 e. The minimum atomic E-state index is -0.513. The molecule has 33 heavy (non-hydrogen) atoms. The summed E-state index contributed by atoms with van der Waals surface area (Å²) >= 11 is 7.34. The maximum Gasteiger partial charge on any atom is 0.262 e. The standard InChI is InChI=1S/C24H25ClN4O3S/c1-15-12-17(25)8-9-19(15)27-22(31)16-6-5-7-18(13-16)26-21(30)14-20-23(32)28-24(33-20)29-10-3-2-4-11-29/h5-9,12-13,20H,2-4,10-11,14H2,1H3,(H,26,30)(H,27,31). The zero-order chi connectivity index (χ0) is 23.4. The average molecular weight is 485 g/mol. The third kappa shape index (κ3) is 5.94. The first-order valence-electron chi connectivity index (χ1n) is 10.9. The van der Waals surface area contributed by atoms with Crippen LogP contribution in [-0.2, 0) is 9.59 Å². The van der Waals surface area contributed by atoms with Crippen LogP contribution in [0.5, 0.6) is 0 Å². The van der Waals surface area contributed by atoms with Gasteiger partial charge in [-0.05, 0) is 68.1 Å². The fourth-order valence-electron chi connectivity index (χ4n) is 3.81. The van der Waals surface area contributed by atoms with E-state index in [0.29, 0.717) is 22.0 Å². The van der Waals surface area contributed by atoms with Gasteiger partial charge in [0, 0.05) is 41.5 Å². The Morgan fingerprint density at radius 1 is 1.12 bits per heavy atom. The Morgan fingerprint density at radius 3 is 2.67 bits per heavy atom. The van der Waals surface area contributed by atoms with Crippen LogP contribution in [0, 0.1) is 6.92 Å². The number of piperidine rings is 1. The number of halogens is 1. The fourth-order valence-corrected chi connectivity index (χ4v) is 5.15. The van der Waals surface area contributed by atoms with E-state index in [4.69, 9.17) is 11.6 Å². The Morgan fingerprint density at radius 2 is 1.91 bits per heavy atom. The van der Waals surface area contributed by atoms with Gasteiger partial charge in [-0.1, -0.05) is 29.4 Å². The molecule has 1 saturated heterocycles. The van der Waals surface area contributed by atoms with E-state index in [0.717, 1.165) is 36.7 Å². The highest BCUT2D eigenvalue weighted by atomic mass is 35.5. The maximum atomic E-state index is 12.7. The zero-order valence-corrected chi connectivity index (χ0v) is 19.8.